The molecule has 2 nitrogen and oxygen atoms in total. The van der Waals surface area contributed by atoms with Crippen molar-refractivity contribution >= 4 is 0 Å². The molecule has 1 heterocycles. The highest BCUT2D eigenvalue weighted by atomic mass is 15.2. The monoisotopic (exact) mass is 210 g/mol. The molecule has 0 aromatic carbocycles. The molecule has 0 amide bonds. The van der Waals surface area contributed by atoms with Crippen molar-refractivity contribution in [3.05, 3.63) is 0 Å². The van der Waals surface area contributed by atoms with E-state index in [4.69, 9.17) is 0 Å². The molecule has 1 saturated heterocycles. The van der Waals surface area contributed by atoms with Gasteiger partial charge in [-0.15, -0.1) is 0 Å². The van der Waals surface area contributed by atoms with Gasteiger partial charge in [-0.1, -0.05) is 6.92 Å². The predicted molar refractivity (Wildman–Crippen MR) is 65.1 cm³/mol. The summed E-state index contributed by atoms with van der Waals surface area (Å²) in [4.78, 5) is 2.63. The van der Waals surface area contributed by atoms with E-state index in [2.05, 4.69) is 24.1 Å². The van der Waals surface area contributed by atoms with Gasteiger partial charge >= 0.3 is 0 Å². The molecule has 3 atom stereocenters. The van der Waals surface area contributed by atoms with Gasteiger partial charge in [0.15, 0.2) is 0 Å². The summed E-state index contributed by atoms with van der Waals surface area (Å²) in [6.45, 7) is 8.59. The van der Waals surface area contributed by atoms with Gasteiger partial charge < -0.3 is 5.32 Å². The zero-order chi connectivity index (χ0) is 10.7. The molecule has 0 aromatic rings. The Kier molecular flexibility index (Phi) is 4.04. The smallest absolute Gasteiger partial charge is 0.0192 e. The molecule has 1 saturated carbocycles. The van der Waals surface area contributed by atoms with Crippen molar-refractivity contribution in [2.24, 2.45) is 5.92 Å². The Morgan fingerprint density at radius 2 is 2.00 bits per heavy atom. The number of rotatable bonds is 4. The highest BCUT2D eigenvalue weighted by Crippen LogP contribution is 2.24. The minimum absolute atomic E-state index is 0.739. The van der Waals surface area contributed by atoms with Crippen molar-refractivity contribution in [2.45, 2.75) is 58.0 Å². The fourth-order valence-electron chi connectivity index (χ4n) is 3.04. The number of nitrogens with zero attached hydrogens (tertiary/aromatic N) is 1. The van der Waals surface area contributed by atoms with E-state index in [1.54, 1.807) is 0 Å². The maximum atomic E-state index is 3.75. The summed E-state index contributed by atoms with van der Waals surface area (Å²) in [6, 6.07) is 1.55. The van der Waals surface area contributed by atoms with Crippen LogP contribution in [0.4, 0.5) is 0 Å². The molecule has 88 valence electrons. The number of hydrogen-bond donors (Lipinski definition) is 1. The van der Waals surface area contributed by atoms with Crippen LogP contribution in [0.1, 0.15) is 46.0 Å². The Labute approximate surface area is 94.4 Å². The summed E-state index contributed by atoms with van der Waals surface area (Å²) in [6.07, 6.45) is 7.03. The summed E-state index contributed by atoms with van der Waals surface area (Å²) in [5.41, 5.74) is 0. The maximum absolute atomic E-state index is 3.75. The van der Waals surface area contributed by atoms with Gasteiger partial charge in [-0.3, -0.25) is 4.90 Å². The van der Waals surface area contributed by atoms with Gasteiger partial charge in [0, 0.05) is 18.6 Å². The lowest BCUT2D eigenvalue weighted by atomic mass is 10.1. The van der Waals surface area contributed by atoms with Crippen LogP contribution >= 0.6 is 0 Å². The van der Waals surface area contributed by atoms with Crippen molar-refractivity contribution in [3.63, 3.8) is 0 Å². The van der Waals surface area contributed by atoms with Gasteiger partial charge in [0.1, 0.15) is 0 Å². The maximum Gasteiger partial charge on any atom is 0.0192 e. The predicted octanol–water partition coefficient (Wildman–Crippen LogP) is 2.25. The molecule has 2 aliphatic rings. The summed E-state index contributed by atoms with van der Waals surface area (Å²) >= 11 is 0. The van der Waals surface area contributed by atoms with E-state index < -0.39 is 0 Å². The Balaban J connectivity index is 1.64. The zero-order valence-corrected chi connectivity index (χ0v) is 10.3. The van der Waals surface area contributed by atoms with E-state index in [1.165, 1.54) is 51.7 Å². The van der Waals surface area contributed by atoms with E-state index in [-0.39, 0.29) is 0 Å². The van der Waals surface area contributed by atoms with Gasteiger partial charge in [-0.25, -0.2) is 0 Å². The Hall–Kier alpha value is -0.0800. The molecule has 0 bridgehead atoms. The van der Waals surface area contributed by atoms with Crippen LogP contribution in [0.2, 0.25) is 0 Å². The first kappa shape index (κ1) is 11.4. The third-order valence-electron chi connectivity index (χ3n) is 4.16. The number of likely N-dealkylation sites (tertiary alicyclic amines) is 1. The first-order valence-corrected chi connectivity index (χ1v) is 6.73. The van der Waals surface area contributed by atoms with E-state index >= 15 is 0 Å². The average molecular weight is 210 g/mol. The van der Waals surface area contributed by atoms with Crippen LogP contribution in [-0.4, -0.2) is 36.6 Å². The van der Waals surface area contributed by atoms with Crippen LogP contribution in [0.25, 0.3) is 0 Å². The van der Waals surface area contributed by atoms with E-state index in [0.717, 1.165) is 18.0 Å². The summed E-state index contributed by atoms with van der Waals surface area (Å²) in [5, 5.41) is 3.75. The van der Waals surface area contributed by atoms with Crippen LogP contribution < -0.4 is 5.32 Å². The molecule has 0 radical (unpaired) electrons. The average Bonchev–Trinajstić information content (AvgIpc) is 2.84. The van der Waals surface area contributed by atoms with Crippen molar-refractivity contribution in [1.29, 1.82) is 0 Å². The molecule has 15 heavy (non-hydrogen) atoms. The van der Waals surface area contributed by atoms with Crippen molar-refractivity contribution < 1.29 is 0 Å². The summed E-state index contributed by atoms with van der Waals surface area (Å²) < 4.78 is 0. The van der Waals surface area contributed by atoms with Gasteiger partial charge in [-0.05, 0) is 58.0 Å². The lowest BCUT2D eigenvalue weighted by Gasteiger charge is -2.25. The molecule has 3 unspecified atom stereocenters. The lowest BCUT2D eigenvalue weighted by molar-refractivity contribution is 0.245. The largest absolute Gasteiger partial charge is 0.312 e. The van der Waals surface area contributed by atoms with Gasteiger partial charge in [-0.2, -0.15) is 0 Å². The molecule has 1 N–H and O–H groups in total. The highest BCUT2D eigenvalue weighted by Gasteiger charge is 2.23. The molecule has 2 heteroatoms. The van der Waals surface area contributed by atoms with E-state index in [9.17, 15) is 0 Å². The first-order chi connectivity index (χ1) is 7.25. The fourth-order valence-corrected chi connectivity index (χ4v) is 3.04. The molecule has 2 fully saturated rings. The number of hydrogen-bond acceptors (Lipinski definition) is 2. The Morgan fingerprint density at radius 3 is 2.60 bits per heavy atom. The van der Waals surface area contributed by atoms with Crippen molar-refractivity contribution in [1.82, 2.24) is 10.2 Å². The molecule has 0 aromatic heterocycles. The lowest BCUT2D eigenvalue weighted by Crippen LogP contribution is -2.41. The number of nitrogens with one attached hydrogen (secondary N) is 1. The quantitative estimate of drug-likeness (QED) is 0.765. The highest BCUT2D eigenvalue weighted by molar-refractivity contribution is 4.81. The van der Waals surface area contributed by atoms with E-state index in [0.29, 0.717) is 0 Å². The van der Waals surface area contributed by atoms with Crippen molar-refractivity contribution in [3.8, 4) is 0 Å². The van der Waals surface area contributed by atoms with Crippen molar-refractivity contribution in [2.75, 3.05) is 19.6 Å². The SMILES string of the molecule is CC1CCC(NCC(C)N2CCCC2)C1. The Morgan fingerprint density at radius 1 is 1.27 bits per heavy atom. The van der Waals surface area contributed by atoms with Crippen LogP contribution in [0.3, 0.4) is 0 Å². The van der Waals surface area contributed by atoms with Gasteiger partial charge in [0.2, 0.25) is 0 Å². The molecule has 1 aliphatic heterocycles. The summed E-state index contributed by atoms with van der Waals surface area (Å²) in [5.74, 6) is 0.949. The molecular weight excluding hydrogens is 184 g/mol. The topological polar surface area (TPSA) is 15.3 Å². The Bertz CT molecular complexity index is 187. The molecular formula is C13H26N2. The van der Waals surface area contributed by atoms with Crippen LogP contribution in [0, 0.1) is 5.92 Å². The second-order valence-electron chi connectivity index (χ2n) is 5.62. The molecule has 2 rings (SSSR count). The molecule has 0 spiro atoms. The third kappa shape index (κ3) is 3.18. The standard InChI is InChI=1S/C13H26N2/c1-11-5-6-13(9-11)14-10-12(2)15-7-3-4-8-15/h11-14H,3-10H2,1-2H3. The normalized spacial score (nSPS) is 34.8. The van der Waals surface area contributed by atoms with Crippen LogP contribution in [0.15, 0.2) is 0 Å². The summed E-state index contributed by atoms with van der Waals surface area (Å²) in [7, 11) is 0. The minimum Gasteiger partial charge on any atom is -0.312 e. The second kappa shape index (κ2) is 5.31. The molecule has 1 aliphatic carbocycles. The zero-order valence-electron chi connectivity index (χ0n) is 10.3. The fraction of sp³-hybridized carbons (Fsp3) is 1.00. The first-order valence-electron chi connectivity index (χ1n) is 6.73. The van der Waals surface area contributed by atoms with Crippen LogP contribution in [0.5, 0.6) is 0 Å². The second-order valence-corrected chi connectivity index (χ2v) is 5.62. The third-order valence-corrected chi connectivity index (χ3v) is 4.16. The van der Waals surface area contributed by atoms with Gasteiger partial charge in [0.05, 0.1) is 0 Å². The minimum atomic E-state index is 0.739. The van der Waals surface area contributed by atoms with Crippen LogP contribution in [-0.2, 0) is 0 Å². The van der Waals surface area contributed by atoms with E-state index in [1.807, 2.05) is 0 Å². The van der Waals surface area contributed by atoms with Gasteiger partial charge in [0.25, 0.3) is 0 Å².